The molecule has 2 aromatic carbocycles. The summed E-state index contributed by atoms with van der Waals surface area (Å²) in [7, 11) is 1.28. The quantitative estimate of drug-likeness (QED) is 0.526. The van der Waals surface area contributed by atoms with Gasteiger partial charge in [0.25, 0.3) is 0 Å². The van der Waals surface area contributed by atoms with Gasteiger partial charge in [-0.05, 0) is 42.8 Å². The Morgan fingerprint density at radius 2 is 1.66 bits per heavy atom. The molecule has 0 saturated heterocycles. The summed E-state index contributed by atoms with van der Waals surface area (Å²) in [5.74, 6) is -0.963. The second-order valence-corrected chi connectivity index (χ2v) is 6.31. The number of aryl methyl sites for hydroxylation is 1. The maximum absolute atomic E-state index is 12.5. The molecule has 0 spiro atoms. The zero-order valence-corrected chi connectivity index (χ0v) is 15.9. The molecule has 0 bridgehead atoms. The van der Waals surface area contributed by atoms with E-state index in [1.807, 2.05) is 19.1 Å². The average Bonchev–Trinajstić information content (AvgIpc) is 2.72. The van der Waals surface area contributed by atoms with Crippen LogP contribution in [0.15, 0.2) is 70.5 Å². The molecule has 3 rings (SSSR count). The summed E-state index contributed by atoms with van der Waals surface area (Å²) >= 11 is 0. The maximum Gasteiger partial charge on any atom is 0.337 e. The molecular formula is C21H19N3O5. The van der Waals surface area contributed by atoms with E-state index in [0.29, 0.717) is 16.9 Å². The first-order valence-corrected chi connectivity index (χ1v) is 8.77. The minimum Gasteiger partial charge on any atom is -0.465 e. The van der Waals surface area contributed by atoms with Gasteiger partial charge in [-0.25, -0.2) is 4.79 Å². The molecule has 3 aromatic rings. The minimum absolute atomic E-state index is 0.318. The fourth-order valence-electron chi connectivity index (χ4n) is 2.82. The molecule has 1 amide bonds. The summed E-state index contributed by atoms with van der Waals surface area (Å²) in [6.07, 6.45) is 2.86. The topological polar surface area (TPSA) is 99.4 Å². The summed E-state index contributed by atoms with van der Waals surface area (Å²) in [6, 6.07) is 13.3. The van der Waals surface area contributed by atoms with E-state index in [9.17, 15) is 19.2 Å². The highest BCUT2D eigenvalue weighted by Gasteiger charge is 2.12. The standard InChI is InChI=1S/C21H19N3O5/c1-14-5-3-4-6-17(14)24-12-11-23(19(26)20(24)27)13-18(25)22-16-9-7-15(8-10-16)21(28)29-2/h3-12H,13H2,1-2H3,(H,22,25). The molecule has 0 aliphatic heterocycles. The lowest BCUT2D eigenvalue weighted by molar-refractivity contribution is -0.116. The highest BCUT2D eigenvalue weighted by Crippen LogP contribution is 2.11. The molecule has 0 atom stereocenters. The first-order valence-electron chi connectivity index (χ1n) is 8.77. The van der Waals surface area contributed by atoms with Gasteiger partial charge in [-0.15, -0.1) is 0 Å². The molecule has 0 aliphatic carbocycles. The number of nitrogens with one attached hydrogen (secondary N) is 1. The van der Waals surface area contributed by atoms with Crippen LogP contribution in [0, 0.1) is 6.92 Å². The van der Waals surface area contributed by atoms with Crippen molar-refractivity contribution >= 4 is 17.6 Å². The van der Waals surface area contributed by atoms with Gasteiger partial charge >= 0.3 is 17.1 Å². The van der Waals surface area contributed by atoms with Crippen molar-refractivity contribution in [3.63, 3.8) is 0 Å². The Balaban J connectivity index is 1.77. The number of methoxy groups -OCH3 is 1. The fourth-order valence-corrected chi connectivity index (χ4v) is 2.82. The van der Waals surface area contributed by atoms with Crippen LogP contribution in [-0.4, -0.2) is 28.1 Å². The van der Waals surface area contributed by atoms with Gasteiger partial charge in [0.1, 0.15) is 6.54 Å². The first-order chi connectivity index (χ1) is 13.9. The second kappa shape index (κ2) is 8.39. The monoisotopic (exact) mass is 393 g/mol. The molecule has 0 unspecified atom stereocenters. The molecule has 1 N–H and O–H groups in total. The van der Waals surface area contributed by atoms with Gasteiger partial charge < -0.3 is 10.1 Å². The summed E-state index contributed by atoms with van der Waals surface area (Å²) in [5, 5.41) is 2.62. The van der Waals surface area contributed by atoms with Gasteiger partial charge in [0.15, 0.2) is 0 Å². The van der Waals surface area contributed by atoms with Crippen LogP contribution in [-0.2, 0) is 16.1 Å². The third kappa shape index (κ3) is 4.32. The lowest BCUT2D eigenvalue weighted by atomic mass is 10.2. The third-order valence-electron chi connectivity index (χ3n) is 4.34. The van der Waals surface area contributed by atoms with Gasteiger partial charge in [0, 0.05) is 18.1 Å². The number of rotatable bonds is 5. The number of hydrogen-bond donors (Lipinski definition) is 1. The van der Waals surface area contributed by atoms with E-state index in [0.717, 1.165) is 10.1 Å². The summed E-state index contributed by atoms with van der Waals surface area (Å²) in [6.45, 7) is 1.52. The van der Waals surface area contributed by atoms with Gasteiger partial charge in [0.2, 0.25) is 5.91 Å². The van der Waals surface area contributed by atoms with Crippen molar-refractivity contribution in [2.45, 2.75) is 13.5 Å². The van der Waals surface area contributed by atoms with E-state index in [1.54, 1.807) is 24.3 Å². The smallest absolute Gasteiger partial charge is 0.337 e. The van der Waals surface area contributed by atoms with Crippen molar-refractivity contribution in [1.29, 1.82) is 0 Å². The third-order valence-corrected chi connectivity index (χ3v) is 4.34. The number of carbonyl (C=O) groups excluding carboxylic acids is 2. The number of anilines is 1. The Labute approximate surface area is 166 Å². The van der Waals surface area contributed by atoms with Crippen LogP contribution in [0.2, 0.25) is 0 Å². The lowest BCUT2D eigenvalue weighted by Gasteiger charge is -2.11. The second-order valence-electron chi connectivity index (χ2n) is 6.31. The van der Waals surface area contributed by atoms with Crippen molar-refractivity contribution in [2.24, 2.45) is 0 Å². The van der Waals surface area contributed by atoms with E-state index < -0.39 is 23.0 Å². The van der Waals surface area contributed by atoms with E-state index in [4.69, 9.17) is 0 Å². The van der Waals surface area contributed by atoms with E-state index in [2.05, 4.69) is 10.1 Å². The van der Waals surface area contributed by atoms with Gasteiger partial charge in [-0.2, -0.15) is 0 Å². The largest absolute Gasteiger partial charge is 0.465 e. The highest BCUT2D eigenvalue weighted by molar-refractivity contribution is 5.92. The summed E-state index contributed by atoms with van der Waals surface area (Å²) in [5.41, 5.74) is 0.714. The van der Waals surface area contributed by atoms with Crippen LogP contribution in [0.25, 0.3) is 5.69 Å². The van der Waals surface area contributed by atoms with E-state index in [1.165, 1.54) is 36.2 Å². The number of ether oxygens (including phenoxy) is 1. The minimum atomic E-state index is -0.799. The molecule has 8 nitrogen and oxygen atoms in total. The van der Waals surface area contributed by atoms with E-state index in [-0.39, 0.29) is 6.54 Å². The summed E-state index contributed by atoms with van der Waals surface area (Å²) in [4.78, 5) is 48.6. The molecule has 8 heteroatoms. The molecule has 0 fully saturated rings. The van der Waals surface area contributed by atoms with Crippen LogP contribution >= 0.6 is 0 Å². The number of nitrogens with zero attached hydrogens (tertiary/aromatic N) is 2. The Bertz CT molecular complexity index is 1180. The van der Waals surface area contributed by atoms with Crippen LogP contribution in [0.4, 0.5) is 5.69 Å². The van der Waals surface area contributed by atoms with Gasteiger partial charge in [-0.3, -0.25) is 23.5 Å². The van der Waals surface area contributed by atoms with E-state index >= 15 is 0 Å². The van der Waals surface area contributed by atoms with Crippen LogP contribution in [0.5, 0.6) is 0 Å². The van der Waals surface area contributed by atoms with Crippen LogP contribution < -0.4 is 16.4 Å². The molecule has 148 valence electrons. The van der Waals surface area contributed by atoms with Gasteiger partial charge in [-0.1, -0.05) is 18.2 Å². The predicted molar refractivity (Wildman–Crippen MR) is 107 cm³/mol. The normalized spacial score (nSPS) is 10.4. The van der Waals surface area contributed by atoms with Crippen molar-refractivity contribution < 1.29 is 14.3 Å². The summed E-state index contributed by atoms with van der Waals surface area (Å²) < 4.78 is 6.93. The van der Waals surface area contributed by atoms with Crippen LogP contribution in [0.3, 0.4) is 0 Å². The number of hydrogen-bond acceptors (Lipinski definition) is 5. The first kappa shape index (κ1) is 19.8. The Hall–Kier alpha value is -3.94. The molecule has 1 heterocycles. The number of amides is 1. The molecule has 0 aliphatic rings. The Morgan fingerprint density at radius 1 is 0.966 bits per heavy atom. The Morgan fingerprint density at radius 3 is 2.31 bits per heavy atom. The lowest BCUT2D eigenvalue weighted by Crippen LogP contribution is -2.41. The molecule has 0 radical (unpaired) electrons. The molecular weight excluding hydrogens is 374 g/mol. The number of aromatic nitrogens is 2. The van der Waals surface area contributed by atoms with Crippen molar-refractivity contribution in [2.75, 3.05) is 12.4 Å². The van der Waals surface area contributed by atoms with Crippen LogP contribution in [0.1, 0.15) is 15.9 Å². The fraction of sp³-hybridized carbons (Fsp3) is 0.143. The van der Waals surface area contributed by atoms with Crippen molar-refractivity contribution in [1.82, 2.24) is 9.13 Å². The van der Waals surface area contributed by atoms with Crippen molar-refractivity contribution in [3.8, 4) is 5.69 Å². The molecule has 1 aromatic heterocycles. The molecule has 29 heavy (non-hydrogen) atoms. The number of esters is 1. The van der Waals surface area contributed by atoms with Gasteiger partial charge in [0.05, 0.1) is 18.4 Å². The zero-order chi connectivity index (χ0) is 21.0. The Kier molecular flexibility index (Phi) is 5.73. The number of para-hydroxylation sites is 1. The number of carbonyl (C=O) groups is 2. The van der Waals surface area contributed by atoms with Crippen molar-refractivity contribution in [3.05, 3.63) is 92.8 Å². The zero-order valence-electron chi connectivity index (χ0n) is 15.9. The SMILES string of the molecule is COC(=O)c1ccc(NC(=O)Cn2ccn(-c3ccccc3C)c(=O)c2=O)cc1. The average molecular weight is 393 g/mol. The highest BCUT2D eigenvalue weighted by atomic mass is 16.5. The molecule has 0 saturated carbocycles. The number of benzene rings is 2. The maximum atomic E-state index is 12.5. The predicted octanol–water partition coefficient (Wildman–Crippen LogP) is 1.73.